The van der Waals surface area contributed by atoms with Gasteiger partial charge < -0.3 is 9.47 Å². The molecule has 28 heavy (non-hydrogen) atoms. The number of nitrogens with zero attached hydrogens (tertiary/aromatic N) is 4. The minimum atomic E-state index is 0.0245. The summed E-state index contributed by atoms with van der Waals surface area (Å²) >= 11 is 1.89. The lowest BCUT2D eigenvalue weighted by molar-refractivity contribution is 0.249. The van der Waals surface area contributed by atoms with Gasteiger partial charge in [0.2, 0.25) is 0 Å². The Morgan fingerprint density at radius 3 is 2.82 bits per heavy atom. The number of aromatic nitrogens is 2. The van der Waals surface area contributed by atoms with Crippen LogP contribution in [-0.2, 0) is 0 Å². The summed E-state index contributed by atoms with van der Waals surface area (Å²) in [6.45, 7) is 4.42. The second kappa shape index (κ2) is 7.13. The van der Waals surface area contributed by atoms with E-state index in [1.807, 2.05) is 24.0 Å². The molecule has 0 aliphatic carbocycles. The molecule has 2 aliphatic rings. The largest absolute Gasteiger partial charge is 0.337 e. The smallest absolute Gasteiger partial charge is 0.160 e. The van der Waals surface area contributed by atoms with Gasteiger partial charge in [-0.1, -0.05) is 36.9 Å². The Balaban J connectivity index is 1.63. The number of aliphatic imine (C=N–C) groups is 1. The Labute approximate surface area is 170 Å². The summed E-state index contributed by atoms with van der Waals surface area (Å²) < 4.78 is 2.32. The highest BCUT2D eigenvalue weighted by molar-refractivity contribution is 8.14. The fourth-order valence-corrected chi connectivity index (χ4v) is 5.66. The zero-order valence-electron chi connectivity index (χ0n) is 16.2. The molecule has 0 N–H and O–H groups in total. The van der Waals surface area contributed by atoms with Crippen LogP contribution in [0, 0.1) is 6.92 Å². The summed E-state index contributed by atoms with van der Waals surface area (Å²) in [6.07, 6.45) is 5.17. The molecule has 0 radical (unpaired) electrons. The molecule has 3 atom stereocenters. The highest BCUT2D eigenvalue weighted by Crippen LogP contribution is 2.48. The summed E-state index contributed by atoms with van der Waals surface area (Å²) in [4.78, 5) is 12.3. The monoisotopic (exact) mass is 388 g/mol. The number of fused-ring (bicyclic) bond motifs is 1. The molecule has 2 aromatic heterocycles. The first-order valence-electron chi connectivity index (χ1n) is 9.90. The van der Waals surface area contributed by atoms with E-state index in [1.54, 1.807) is 0 Å². The highest BCUT2D eigenvalue weighted by atomic mass is 32.2. The molecule has 1 saturated heterocycles. The van der Waals surface area contributed by atoms with Gasteiger partial charge in [-0.3, -0.25) is 9.98 Å². The van der Waals surface area contributed by atoms with Gasteiger partial charge in [0.15, 0.2) is 5.17 Å². The molecular formula is C23H24N4S. The van der Waals surface area contributed by atoms with Crippen LogP contribution in [0.25, 0.3) is 5.69 Å². The van der Waals surface area contributed by atoms with E-state index in [2.05, 4.69) is 83.0 Å². The van der Waals surface area contributed by atoms with Crippen LogP contribution in [0.3, 0.4) is 0 Å². The average Bonchev–Trinajstić information content (AvgIpc) is 3.43. The normalized spacial score (nSPS) is 23.7. The van der Waals surface area contributed by atoms with Crippen molar-refractivity contribution in [1.29, 1.82) is 0 Å². The van der Waals surface area contributed by atoms with Gasteiger partial charge in [-0.15, -0.1) is 0 Å². The molecule has 5 heteroatoms. The van der Waals surface area contributed by atoms with E-state index in [0.717, 1.165) is 17.9 Å². The zero-order valence-corrected chi connectivity index (χ0v) is 17.0. The SMILES string of the molecule is CC[C@H]1CSC2=N[C@@H](c3ccccn3)[C@@H](c3cccn3-c3cccc(C)c3)N21. The van der Waals surface area contributed by atoms with Crippen LogP contribution < -0.4 is 0 Å². The van der Waals surface area contributed by atoms with Gasteiger partial charge in [0, 0.05) is 35.6 Å². The zero-order chi connectivity index (χ0) is 19.1. The van der Waals surface area contributed by atoms with Crippen molar-refractivity contribution in [3.8, 4) is 5.69 Å². The summed E-state index contributed by atoms with van der Waals surface area (Å²) in [5.74, 6) is 1.12. The molecule has 1 aromatic carbocycles. The van der Waals surface area contributed by atoms with E-state index in [9.17, 15) is 0 Å². The van der Waals surface area contributed by atoms with E-state index < -0.39 is 0 Å². The van der Waals surface area contributed by atoms with Crippen molar-refractivity contribution in [2.75, 3.05) is 5.75 Å². The standard InChI is InChI=1S/C23H24N4S/c1-3-17-15-28-23-25-21(19-10-4-5-12-24-19)22(27(17)23)20-11-7-13-26(20)18-9-6-8-16(2)14-18/h4-14,17,21-22H,3,15H2,1-2H3/t17-,21-,22+/m0/s1. The lowest BCUT2D eigenvalue weighted by Crippen LogP contribution is -2.36. The summed E-state index contributed by atoms with van der Waals surface area (Å²) in [6, 6.07) is 19.9. The van der Waals surface area contributed by atoms with E-state index in [-0.39, 0.29) is 12.1 Å². The van der Waals surface area contributed by atoms with E-state index >= 15 is 0 Å². The van der Waals surface area contributed by atoms with E-state index in [0.29, 0.717) is 6.04 Å². The fourth-order valence-electron chi connectivity index (χ4n) is 4.32. The number of amidine groups is 1. The van der Waals surface area contributed by atoms with Gasteiger partial charge in [0.05, 0.1) is 5.69 Å². The first-order chi connectivity index (χ1) is 13.8. The fraction of sp³-hybridized carbons (Fsp3) is 0.304. The van der Waals surface area contributed by atoms with Crippen LogP contribution >= 0.6 is 11.8 Å². The van der Waals surface area contributed by atoms with Crippen molar-refractivity contribution in [3.05, 3.63) is 83.9 Å². The van der Waals surface area contributed by atoms with Crippen molar-refractivity contribution in [3.63, 3.8) is 0 Å². The molecule has 0 bridgehead atoms. The first kappa shape index (κ1) is 17.6. The number of aryl methyl sites for hydroxylation is 1. The van der Waals surface area contributed by atoms with E-state index in [4.69, 9.17) is 4.99 Å². The molecule has 2 aliphatic heterocycles. The van der Waals surface area contributed by atoms with Crippen LogP contribution in [0.2, 0.25) is 0 Å². The summed E-state index contributed by atoms with van der Waals surface area (Å²) in [7, 11) is 0. The van der Waals surface area contributed by atoms with Crippen molar-refractivity contribution in [1.82, 2.24) is 14.5 Å². The third-order valence-electron chi connectivity index (χ3n) is 5.69. The number of hydrogen-bond donors (Lipinski definition) is 0. The van der Waals surface area contributed by atoms with Gasteiger partial charge in [-0.05, 0) is 55.3 Å². The molecule has 3 aromatic rings. The van der Waals surface area contributed by atoms with Crippen molar-refractivity contribution >= 4 is 16.9 Å². The topological polar surface area (TPSA) is 33.4 Å². The average molecular weight is 389 g/mol. The van der Waals surface area contributed by atoms with Gasteiger partial charge in [-0.2, -0.15) is 0 Å². The first-order valence-corrected chi connectivity index (χ1v) is 10.9. The number of thioether (sulfide) groups is 1. The molecule has 0 spiro atoms. The third kappa shape index (κ3) is 2.85. The molecule has 5 rings (SSSR count). The van der Waals surface area contributed by atoms with Crippen LogP contribution in [-0.4, -0.2) is 31.4 Å². The molecule has 0 saturated carbocycles. The van der Waals surface area contributed by atoms with Crippen molar-refractivity contribution in [2.45, 2.75) is 38.4 Å². The highest BCUT2D eigenvalue weighted by Gasteiger charge is 2.46. The molecular weight excluding hydrogens is 364 g/mol. The van der Waals surface area contributed by atoms with Crippen LogP contribution in [0.15, 0.2) is 72.0 Å². The van der Waals surface area contributed by atoms with Crippen molar-refractivity contribution in [2.24, 2.45) is 4.99 Å². The van der Waals surface area contributed by atoms with Gasteiger partial charge in [-0.25, -0.2) is 0 Å². The Hall–Kier alpha value is -2.53. The molecule has 4 heterocycles. The Bertz CT molecular complexity index is 1010. The lowest BCUT2D eigenvalue weighted by atomic mass is 9.99. The van der Waals surface area contributed by atoms with Crippen LogP contribution in [0.4, 0.5) is 0 Å². The molecule has 142 valence electrons. The maximum atomic E-state index is 5.14. The summed E-state index contributed by atoms with van der Waals surface area (Å²) in [5.41, 5.74) is 4.79. The van der Waals surface area contributed by atoms with Gasteiger partial charge in [0.1, 0.15) is 12.1 Å². The minimum Gasteiger partial charge on any atom is -0.337 e. The van der Waals surface area contributed by atoms with Crippen molar-refractivity contribution < 1.29 is 0 Å². The second-order valence-corrected chi connectivity index (χ2v) is 8.47. The predicted octanol–water partition coefficient (Wildman–Crippen LogP) is 5.16. The molecule has 4 nitrogen and oxygen atoms in total. The molecule has 1 fully saturated rings. The van der Waals surface area contributed by atoms with Crippen LogP contribution in [0.1, 0.15) is 42.4 Å². The number of rotatable bonds is 4. The number of benzene rings is 1. The number of hydrogen-bond acceptors (Lipinski definition) is 4. The quantitative estimate of drug-likeness (QED) is 0.619. The third-order valence-corrected chi connectivity index (χ3v) is 6.82. The molecule has 0 unspecified atom stereocenters. The van der Waals surface area contributed by atoms with Crippen LogP contribution in [0.5, 0.6) is 0 Å². The maximum Gasteiger partial charge on any atom is 0.160 e. The maximum absolute atomic E-state index is 5.14. The Kier molecular flexibility index (Phi) is 4.47. The Morgan fingerprint density at radius 2 is 2.04 bits per heavy atom. The summed E-state index contributed by atoms with van der Waals surface area (Å²) in [5, 5.41) is 1.17. The van der Waals surface area contributed by atoms with Gasteiger partial charge >= 0.3 is 0 Å². The van der Waals surface area contributed by atoms with Gasteiger partial charge in [0.25, 0.3) is 0 Å². The lowest BCUT2D eigenvalue weighted by Gasteiger charge is -2.32. The molecule has 0 amide bonds. The predicted molar refractivity (Wildman–Crippen MR) is 116 cm³/mol. The Morgan fingerprint density at radius 1 is 1.11 bits per heavy atom. The second-order valence-electron chi connectivity index (χ2n) is 7.48. The minimum absolute atomic E-state index is 0.0245. The number of pyridine rings is 1. The van der Waals surface area contributed by atoms with E-state index in [1.165, 1.54) is 22.1 Å².